The van der Waals surface area contributed by atoms with Gasteiger partial charge >= 0.3 is 0 Å². The Morgan fingerprint density at radius 1 is 1.17 bits per heavy atom. The second-order valence-electron chi connectivity index (χ2n) is 5.68. The number of nitrogens with one attached hydrogen (secondary N) is 1. The normalized spacial score (nSPS) is 13.9. The monoisotopic (exact) mass is 311 g/mol. The van der Waals surface area contributed by atoms with E-state index >= 15 is 0 Å². The van der Waals surface area contributed by atoms with Gasteiger partial charge in [0.2, 0.25) is 0 Å². The molecule has 0 aliphatic carbocycles. The van der Waals surface area contributed by atoms with E-state index in [1.54, 1.807) is 7.11 Å². The summed E-state index contributed by atoms with van der Waals surface area (Å²) in [6, 6.07) is 15.9. The van der Waals surface area contributed by atoms with E-state index in [0.29, 0.717) is 6.54 Å². The maximum atomic E-state index is 10.5. The number of hydrogen-bond donors (Lipinski definition) is 2. The fourth-order valence-electron chi connectivity index (χ4n) is 2.50. The second kappa shape index (κ2) is 8.51. The lowest BCUT2D eigenvalue weighted by Crippen LogP contribution is -2.32. The average molecular weight is 311 g/mol. The summed E-state index contributed by atoms with van der Waals surface area (Å²) in [6.07, 6.45) is 3.59. The van der Waals surface area contributed by atoms with Crippen molar-refractivity contribution in [1.82, 2.24) is 5.32 Å². The molecule has 2 aromatic rings. The van der Waals surface area contributed by atoms with Crippen LogP contribution in [-0.4, -0.2) is 24.8 Å². The van der Waals surface area contributed by atoms with E-state index in [1.807, 2.05) is 50.2 Å². The van der Waals surface area contributed by atoms with Crippen molar-refractivity contribution in [1.29, 1.82) is 0 Å². The molecular formula is C20H25NO2. The summed E-state index contributed by atoms with van der Waals surface area (Å²) >= 11 is 0. The van der Waals surface area contributed by atoms with E-state index in [0.717, 1.165) is 16.9 Å². The third kappa shape index (κ3) is 4.95. The Labute approximate surface area is 138 Å². The Kier molecular flexibility index (Phi) is 6.39. The van der Waals surface area contributed by atoms with Crippen LogP contribution < -0.4 is 10.1 Å². The fraction of sp³-hybridized carbons (Fsp3) is 0.300. The highest BCUT2D eigenvalue weighted by atomic mass is 16.5. The minimum atomic E-state index is -0.551. The van der Waals surface area contributed by atoms with Gasteiger partial charge < -0.3 is 15.2 Å². The van der Waals surface area contributed by atoms with Gasteiger partial charge in [0.1, 0.15) is 5.75 Å². The number of rotatable bonds is 7. The highest BCUT2D eigenvalue weighted by Gasteiger charge is 2.16. The molecule has 2 rings (SSSR count). The summed E-state index contributed by atoms with van der Waals surface area (Å²) < 4.78 is 5.26. The molecule has 0 amide bonds. The van der Waals surface area contributed by atoms with Crippen LogP contribution in [0.15, 0.2) is 54.6 Å². The van der Waals surface area contributed by atoms with E-state index < -0.39 is 6.10 Å². The predicted molar refractivity (Wildman–Crippen MR) is 95.6 cm³/mol. The van der Waals surface area contributed by atoms with E-state index in [4.69, 9.17) is 4.74 Å². The molecule has 2 unspecified atom stereocenters. The van der Waals surface area contributed by atoms with E-state index in [2.05, 4.69) is 29.6 Å². The first-order valence-electron chi connectivity index (χ1n) is 7.89. The van der Waals surface area contributed by atoms with Gasteiger partial charge in [0, 0.05) is 12.6 Å². The van der Waals surface area contributed by atoms with Gasteiger partial charge in [-0.3, -0.25) is 0 Å². The van der Waals surface area contributed by atoms with Gasteiger partial charge in [0.15, 0.2) is 0 Å². The molecular weight excluding hydrogens is 286 g/mol. The van der Waals surface area contributed by atoms with Crippen molar-refractivity contribution in [3.05, 3.63) is 71.3 Å². The quantitative estimate of drug-likeness (QED) is 0.818. The summed E-state index contributed by atoms with van der Waals surface area (Å²) in [6.45, 7) is 4.68. The summed E-state index contributed by atoms with van der Waals surface area (Å²) in [7, 11) is 1.65. The summed E-state index contributed by atoms with van der Waals surface area (Å²) in [4.78, 5) is 0. The van der Waals surface area contributed by atoms with Gasteiger partial charge in [-0.2, -0.15) is 0 Å². The smallest absolute Gasteiger partial charge is 0.121 e. The first-order valence-corrected chi connectivity index (χ1v) is 7.89. The predicted octanol–water partition coefficient (Wildman–Crippen LogP) is 3.73. The molecule has 23 heavy (non-hydrogen) atoms. The van der Waals surface area contributed by atoms with Crippen LogP contribution in [0.1, 0.15) is 29.7 Å². The topological polar surface area (TPSA) is 41.5 Å². The Balaban J connectivity index is 1.88. The summed E-state index contributed by atoms with van der Waals surface area (Å²) in [5, 5.41) is 13.8. The molecule has 0 radical (unpaired) electrons. The molecule has 0 spiro atoms. The highest BCUT2D eigenvalue weighted by molar-refractivity contribution is 5.48. The van der Waals surface area contributed by atoms with Crippen LogP contribution in [0.2, 0.25) is 0 Å². The fourth-order valence-corrected chi connectivity index (χ4v) is 2.50. The van der Waals surface area contributed by atoms with Crippen molar-refractivity contribution in [3.63, 3.8) is 0 Å². The molecule has 3 heteroatoms. The van der Waals surface area contributed by atoms with Gasteiger partial charge in [-0.05, 0) is 42.7 Å². The van der Waals surface area contributed by atoms with Crippen molar-refractivity contribution >= 4 is 6.08 Å². The summed E-state index contributed by atoms with van der Waals surface area (Å²) in [5.74, 6) is 0.840. The van der Waals surface area contributed by atoms with Crippen LogP contribution in [0.4, 0.5) is 0 Å². The third-order valence-electron chi connectivity index (χ3n) is 3.90. The van der Waals surface area contributed by atoms with Crippen LogP contribution in [-0.2, 0) is 0 Å². The van der Waals surface area contributed by atoms with Crippen molar-refractivity contribution in [2.75, 3.05) is 13.7 Å². The lowest BCUT2D eigenvalue weighted by Gasteiger charge is -2.21. The van der Waals surface area contributed by atoms with Gasteiger partial charge in [0.05, 0.1) is 13.2 Å². The molecule has 2 atom stereocenters. The van der Waals surface area contributed by atoms with Crippen molar-refractivity contribution in [2.45, 2.75) is 26.0 Å². The first kappa shape index (κ1) is 17.3. The number of benzene rings is 2. The number of methoxy groups -OCH3 is 1. The first-order chi connectivity index (χ1) is 11.1. The van der Waals surface area contributed by atoms with Crippen LogP contribution >= 0.6 is 0 Å². The molecule has 0 saturated heterocycles. The van der Waals surface area contributed by atoms with Crippen molar-refractivity contribution < 1.29 is 9.84 Å². The zero-order valence-electron chi connectivity index (χ0n) is 14.0. The van der Waals surface area contributed by atoms with Crippen molar-refractivity contribution in [3.8, 4) is 5.75 Å². The Morgan fingerprint density at radius 3 is 2.57 bits per heavy atom. The zero-order chi connectivity index (χ0) is 16.7. The maximum absolute atomic E-state index is 10.5. The maximum Gasteiger partial charge on any atom is 0.121 e. The standard InChI is InChI=1S/C20H25NO2/c1-15-14-18(11-12-19(15)23-3)20(22)16(2)21-13-7-10-17-8-5-4-6-9-17/h4-12,14,16,20-22H,13H2,1-3H3/b10-7+. The highest BCUT2D eigenvalue weighted by Crippen LogP contribution is 2.24. The lowest BCUT2D eigenvalue weighted by atomic mass is 10.0. The van der Waals surface area contributed by atoms with Crippen LogP contribution in [0.25, 0.3) is 6.08 Å². The molecule has 0 bridgehead atoms. The van der Waals surface area contributed by atoms with E-state index in [9.17, 15) is 5.11 Å². The second-order valence-corrected chi connectivity index (χ2v) is 5.68. The minimum Gasteiger partial charge on any atom is -0.496 e. The molecule has 2 aromatic carbocycles. The molecule has 0 heterocycles. The Bertz CT molecular complexity index is 637. The number of aryl methyl sites for hydroxylation is 1. The van der Waals surface area contributed by atoms with Gasteiger partial charge in [0.25, 0.3) is 0 Å². The van der Waals surface area contributed by atoms with Crippen LogP contribution in [0.3, 0.4) is 0 Å². The number of aliphatic hydroxyl groups excluding tert-OH is 1. The molecule has 0 saturated carbocycles. The molecule has 122 valence electrons. The van der Waals surface area contributed by atoms with Gasteiger partial charge in [-0.25, -0.2) is 0 Å². The van der Waals surface area contributed by atoms with E-state index in [1.165, 1.54) is 5.56 Å². The third-order valence-corrected chi connectivity index (χ3v) is 3.90. The molecule has 3 nitrogen and oxygen atoms in total. The average Bonchev–Trinajstić information content (AvgIpc) is 2.58. The van der Waals surface area contributed by atoms with E-state index in [-0.39, 0.29) is 6.04 Å². The number of ether oxygens (including phenoxy) is 1. The van der Waals surface area contributed by atoms with Crippen molar-refractivity contribution in [2.24, 2.45) is 0 Å². The zero-order valence-corrected chi connectivity index (χ0v) is 14.0. The van der Waals surface area contributed by atoms with Gasteiger partial charge in [-0.1, -0.05) is 48.6 Å². The largest absolute Gasteiger partial charge is 0.496 e. The van der Waals surface area contributed by atoms with Crippen LogP contribution in [0, 0.1) is 6.92 Å². The SMILES string of the molecule is COc1ccc(C(O)C(C)NC/C=C/c2ccccc2)cc1C. The molecule has 0 aromatic heterocycles. The van der Waals surface area contributed by atoms with Crippen LogP contribution in [0.5, 0.6) is 5.75 Å². The minimum absolute atomic E-state index is 0.0387. The Hall–Kier alpha value is -2.10. The lowest BCUT2D eigenvalue weighted by molar-refractivity contribution is 0.138. The number of hydrogen-bond acceptors (Lipinski definition) is 3. The molecule has 0 fully saturated rings. The Morgan fingerprint density at radius 2 is 1.91 bits per heavy atom. The van der Waals surface area contributed by atoms with Gasteiger partial charge in [-0.15, -0.1) is 0 Å². The summed E-state index contributed by atoms with van der Waals surface area (Å²) in [5.41, 5.74) is 3.10. The molecule has 0 aliphatic heterocycles. The molecule has 2 N–H and O–H groups in total. The number of aliphatic hydroxyl groups is 1. The molecule has 0 aliphatic rings.